The lowest BCUT2D eigenvalue weighted by Gasteiger charge is -2.18. The molecule has 0 saturated carbocycles. The van der Waals surface area contributed by atoms with Crippen molar-refractivity contribution in [3.8, 4) is 0 Å². The normalized spacial score (nSPS) is 13.8. The van der Waals surface area contributed by atoms with Crippen LogP contribution in [0.1, 0.15) is 44.9 Å². The van der Waals surface area contributed by atoms with Crippen LogP contribution >= 0.6 is 0 Å². The molecule has 0 fully saturated rings. The van der Waals surface area contributed by atoms with Crippen molar-refractivity contribution < 1.29 is 8.42 Å². The molecule has 0 saturated heterocycles. The maximum absolute atomic E-state index is 11.0. The molecule has 1 atom stereocenters. The molecular formula is C17H30N4O2S. The zero-order valence-corrected chi connectivity index (χ0v) is 15.9. The fourth-order valence-electron chi connectivity index (χ4n) is 2.31. The molecule has 24 heavy (non-hydrogen) atoms. The Bertz CT molecular complexity index is 624. The number of nitrogens with two attached hydrogens (primary N) is 1. The van der Waals surface area contributed by atoms with Gasteiger partial charge in [0, 0.05) is 6.54 Å². The SMILES string of the molecule is CCNC(=NCCS(N)(=O)=O)NC(C)c1ccc(CC(C)C)cc1. The van der Waals surface area contributed by atoms with Gasteiger partial charge in [-0.1, -0.05) is 38.1 Å². The molecule has 1 aromatic rings. The minimum Gasteiger partial charge on any atom is -0.357 e. The van der Waals surface area contributed by atoms with Crippen LogP contribution in [-0.2, 0) is 16.4 Å². The Morgan fingerprint density at radius 2 is 1.83 bits per heavy atom. The number of sulfonamides is 1. The second kappa shape index (κ2) is 9.64. The van der Waals surface area contributed by atoms with Crippen LogP contribution in [0.5, 0.6) is 0 Å². The molecule has 0 bridgehead atoms. The summed E-state index contributed by atoms with van der Waals surface area (Å²) in [6, 6.07) is 8.59. The molecule has 1 rings (SSSR count). The van der Waals surface area contributed by atoms with Crippen LogP contribution < -0.4 is 15.8 Å². The highest BCUT2D eigenvalue weighted by Gasteiger charge is 2.09. The summed E-state index contributed by atoms with van der Waals surface area (Å²) >= 11 is 0. The monoisotopic (exact) mass is 354 g/mol. The van der Waals surface area contributed by atoms with Crippen molar-refractivity contribution in [1.29, 1.82) is 0 Å². The Labute approximate surface area is 146 Å². The van der Waals surface area contributed by atoms with Crippen molar-refractivity contribution in [2.24, 2.45) is 16.0 Å². The van der Waals surface area contributed by atoms with Gasteiger partial charge in [0.15, 0.2) is 5.96 Å². The first kappa shape index (κ1) is 20.4. The summed E-state index contributed by atoms with van der Waals surface area (Å²) in [5.74, 6) is 1.06. The van der Waals surface area contributed by atoms with E-state index >= 15 is 0 Å². The summed E-state index contributed by atoms with van der Waals surface area (Å²) in [6.07, 6.45) is 1.07. The minimum atomic E-state index is -3.49. The van der Waals surface area contributed by atoms with E-state index in [1.54, 1.807) is 0 Å². The first-order chi connectivity index (χ1) is 11.2. The molecule has 4 N–H and O–H groups in total. The lowest BCUT2D eigenvalue weighted by Crippen LogP contribution is -2.39. The third-order valence-electron chi connectivity index (χ3n) is 3.47. The Balaban J connectivity index is 2.70. The van der Waals surface area contributed by atoms with Crippen LogP contribution in [0.4, 0.5) is 0 Å². The fraction of sp³-hybridized carbons (Fsp3) is 0.588. The van der Waals surface area contributed by atoms with E-state index in [-0.39, 0.29) is 18.3 Å². The number of hydrogen-bond acceptors (Lipinski definition) is 3. The Hall–Kier alpha value is -1.60. The summed E-state index contributed by atoms with van der Waals surface area (Å²) in [5, 5.41) is 11.4. The highest BCUT2D eigenvalue weighted by atomic mass is 32.2. The topological polar surface area (TPSA) is 96.6 Å². The predicted molar refractivity (Wildman–Crippen MR) is 100 cm³/mol. The van der Waals surface area contributed by atoms with E-state index in [0.29, 0.717) is 18.4 Å². The molecule has 0 radical (unpaired) electrons. The maximum atomic E-state index is 11.0. The lowest BCUT2D eigenvalue weighted by atomic mass is 10.00. The molecule has 6 nitrogen and oxygen atoms in total. The minimum absolute atomic E-state index is 0.0605. The van der Waals surface area contributed by atoms with Gasteiger partial charge >= 0.3 is 0 Å². The van der Waals surface area contributed by atoms with Gasteiger partial charge in [-0.15, -0.1) is 0 Å². The van der Waals surface area contributed by atoms with E-state index in [1.807, 2.05) is 13.8 Å². The van der Waals surface area contributed by atoms with E-state index in [2.05, 4.69) is 53.7 Å². The van der Waals surface area contributed by atoms with Gasteiger partial charge in [-0.25, -0.2) is 13.6 Å². The van der Waals surface area contributed by atoms with Crippen molar-refractivity contribution in [2.75, 3.05) is 18.8 Å². The molecule has 7 heteroatoms. The number of rotatable bonds is 8. The highest BCUT2D eigenvalue weighted by Crippen LogP contribution is 2.15. The fourth-order valence-corrected chi connectivity index (χ4v) is 2.65. The van der Waals surface area contributed by atoms with Crippen LogP contribution in [0, 0.1) is 5.92 Å². The van der Waals surface area contributed by atoms with Crippen LogP contribution in [0.25, 0.3) is 0 Å². The van der Waals surface area contributed by atoms with Crippen molar-refractivity contribution in [1.82, 2.24) is 10.6 Å². The number of guanidine groups is 1. The van der Waals surface area contributed by atoms with Crippen LogP contribution in [0.3, 0.4) is 0 Å². The second-order valence-electron chi connectivity index (χ2n) is 6.33. The Kier molecular flexibility index (Phi) is 8.21. The number of benzene rings is 1. The number of primary sulfonamides is 1. The molecule has 0 aliphatic rings. The molecule has 136 valence electrons. The van der Waals surface area contributed by atoms with E-state index in [0.717, 1.165) is 12.0 Å². The van der Waals surface area contributed by atoms with Gasteiger partial charge in [0.05, 0.1) is 18.3 Å². The average molecular weight is 355 g/mol. The van der Waals surface area contributed by atoms with Crippen molar-refractivity contribution >= 4 is 16.0 Å². The van der Waals surface area contributed by atoms with Crippen LogP contribution in [-0.4, -0.2) is 33.2 Å². The van der Waals surface area contributed by atoms with Gasteiger partial charge in [0.25, 0.3) is 0 Å². The van der Waals surface area contributed by atoms with Crippen LogP contribution in [0.2, 0.25) is 0 Å². The first-order valence-electron chi connectivity index (χ1n) is 8.35. The third-order valence-corrected chi connectivity index (χ3v) is 4.22. The largest absolute Gasteiger partial charge is 0.357 e. The summed E-state index contributed by atoms with van der Waals surface area (Å²) in [5.41, 5.74) is 2.48. The summed E-state index contributed by atoms with van der Waals surface area (Å²) in [6.45, 7) is 9.25. The molecule has 0 heterocycles. The number of aliphatic imine (C=N–C) groups is 1. The predicted octanol–water partition coefficient (Wildman–Crippen LogP) is 1.79. The number of nitrogens with one attached hydrogen (secondary N) is 2. The Morgan fingerprint density at radius 1 is 1.21 bits per heavy atom. The Morgan fingerprint density at radius 3 is 2.33 bits per heavy atom. The molecule has 0 spiro atoms. The van der Waals surface area contributed by atoms with Gasteiger partial charge in [-0.2, -0.15) is 0 Å². The van der Waals surface area contributed by atoms with Gasteiger partial charge in [-0.3, -0.25) is 4.99 Å². The second-order valence-corrected chi connectivity index (χ2v) is 8.07. The van der Waals surface area contributed by atoms with Gasteiger partial charge in [-0.05, 0) is 37.3 Å². The van der Waals surface area contributed by atoms with Gasteiger partial charge < -0.3 is 10.6 Å². The molecule has 0 amide bonds. The summed E-state index contributed by atoms with van der Waals surface area (Å²) in [7, 11) is -3.49. The first-order valence-corrected chi connectivity index (χ1v) is 10.1. The molecule has 1 aromatic carbocycles. The highest BCUT2D eigenvalue weighted by molar-refractivity contribution is 7.89. The smallest absolute Gasteiger partial charge is 0.210 e. The van der Waals surface area contributed by atoms with E-state index in [9.17, 15) is 8.42 Å². The van der Waals surface area contributed by atoms with Crippen molar-refractivity contribution in [2.45, 2.75) is 40.2 Å². The number of nitrogens with zero attached hydrogens (tertiary/aromatic N) is 1. The third kappa shape index (κ3) is 8.31. The zero-order chi connectivity index (χ0) is 18.2. The van der Waals surface area contributed by atoms with E-state index in [4.69, 9.17) is 5.14 Å². The van der Waals surface area contributed by atoms with Gasteiger partial charge in [0.1, 0.15) is 0 Å². The number of hydrogen-bond donors (Lipinski definition) is 3. The molecule has 0 aliphatic heterocycles. The van der Waals surface area contributed by atoms with Crippen molar-refractivity contribution in [3.05, 3.63) is 35.4 Å². The molecule has 1 unspecified atom stereocenters. The zero-order valence-electron chi connectivity index (χ0n) is 15.0. The standard InChI is InChI=1S/C17H30N4O2S/c1-5-19-17(20-10-11-24(18,22)23)21-14(4)16-8-6-15(7-9-16)12-13(2)3/h6-9,13-14H,5,10-12H2,1-4H3,(H2,18,22,23)(H2,19,20,21). The quantitative estimate of drug-likeness (QED) is 0.490. The van der Waals surface area contributed by atoms with E-state index < -0.39 is 10.0 Å². The maximum Gasteiger partial charge on any atom is 0.210 e. The van der Waals surface area contributed by atoms with Gasteiger partial charge in [0.2, 0.25) is 10.0 Å². The average Bonchev–Trinajstić information content (AvgIpc) is 2.46. The van der Waals surface area contributed by atoms with Crippen LogP contribution in [0.15, 0.2) is 29.3 Å². The molecule has 0 aromatic heterocycles. The summed E-state index contributed by atoms with van der Waals surface area (Å²) < 4.78 is 22.0. The van der Waals surface area contributed by atoms with E-state index in [1.165, 1.54) is 5.56 Å². The molecule has 0 aliphatic carbocycles. The molecular weight excluding hydrogens is 324 g/mol. The van der Waals surface area contributed by atoms with Crippen molar-refractivity contribution in [3.63, 3.8) is 0 Å². The summed E-state index contributed by atoms with van der Waals surface area (Å²) in [4.78, 5) is 4.26. The lowest BCUT2D eigenvalue weighted by molar-refractivity contribution is 0.597.